The van der Waals surface area contributed by atoms with Crippen LogP contribution in [0.3, 0.4) is 0 Å². The van der Waals surface area contributed by atoms with Crippen molar-refractivity contribution in [1.29, 1.82) is 0 Å². The maximum absolute atomic E-state index is 13.2. The number of thiophene rings is 1. The maximum Gasteiger partial charge on any atom is 0.435 e. The van der Waals surface area contributed by atoms with Crippen molar-refractivity contribution in [3.8, 4) is 11.6 Å². The van der Waals surface area contributed by atoms with Crippen molar-refractivity contribution in [1.82, 2.24) is 15.1 Å². The molecule has 10 heteroatoms. The van der Waals surface area contributed by atoms with E-state index in [1.807, 2.05) is 29.6 Å². The number of hydrogen-bond acceptors (Lipinski definition) is 4. The first kappa shape index (κ1) is 21.2. The fourth-order valence-corrected chi connectivity index (χ4v) is 4.13. The van der Waals surface area contributed by atoms with Crippen LogP contribution in [0.2, 0.25) is 5.02 Å². The third kappa shape index (κ3) is 4.67. The number of aromatic nitrogens is 2. The fraction of sp³-hybridized carbons (Fsp3) is 0.143. The molecule has 2 heterocycles. The van der Waals surface area contributed by atoms with E-state index < -0.39 is 24.4 Å². The lowest BCUT2D eigenvalue weighted by Gasteiger charge is -2.10. The Morgan fingerprint density at radius 2 is 1.90 bits per heavy atom. The highest BCUT2D eigenvalue weighted by Gasteiger charge is 2.36. The standard InChI is InChI=1S/C21H15ClF3N3O2S/c22-15-6-2-3-7-16(15)28-20(9-18(27-28)21(23,24)25)30-11-19(29)26-10-13-12-31-17-8-4-1-5-14(13)17/h1-9,12H,10-11H2,(H,26,29). The highest BCUT2D eigenvalue weighted by atomic mass is 35.5. The van der Waals surface area contributed by atoms with Crippen molar-refractivity contribution in [3.05, 3.63) is 76.3 Å². The Morgan fingerprint density at radius 1 is 1.16 bits per heavy atom. The van der Waals surface area contributed by atoms with Gasteiger partial charge in [-0.2, -0.15) is 23.0 Å². The number of alkyl halides is 3. The molecule has 1 N–H and O–H groups in total. The monoisotopic (exact) mass is 465 g/mol. The molecule has 2 aromatic carbocycles. The van der Waals surface area contributed by atoms with Crippen molar-refractivity contribution in [2.45, 2.75) is 12.7 Å². The highest BCUT2D eigenvalue weighted by Crippen LogP contribution is 2.33. The minimum absolute atomic E-state index is 0.193. The van der Waals surface area contributed by atoms with E-state index in [0.717, 1.165) is 26.4 Å². The summed E-state index contributed by atoms with van der Waals surface area (Å²) in [5.74, 6) is -0.715. The van der Waals surface area contributed by atoms with Crippen LogP contribution in [-0.4, -0.2) is 22.3 Å². The molecule has 0 unspecified atom stereocenters. The van der Waals surface area contributed by atoms with Gasteiger partial charge >= 0.3 is 6.18 Å². The van der Waals surface area contributed by atoms with Crippen LogP contribution in [0.1, 0.15) is 11.3 Å². The van der Waals surface area contributed by atoms with Gasteiger partial charge in [-0.05, 0) is 34.5 Å². The molecule has 5 nitrogen and oxygen atoms in total. The van der Waals surface area contributed by atoms with Gasteiger partial charge in [-0.25, -0.2) is 0 Å². The molecule has 4 aromatic rings. The number of carbonyl (C=O) groups excluding carboxylic acids is 1. The van der Waals surface area contributed by atoms with Crippen molar-refractivity contribution < 1.29 is 22.7 Å². The second-order valence-corrected chi connectivity index (χ2v) is 7.87. The lowest BCUT2D eigenvalue weighted by molar-refractivity contribution is -0.141. The normalized spacial score (nSPS) is 11.6. The van der Waals surface area contributed by atoms with E-state index >= 15 is 0 Å². The topological polar surface area (TPSA) is 56.1 Å². The Morgan fingerprint density at radius 3 is 2.68 bits per heavy atom. The molecule has 0 bridgehead atoms. The van der Waals surface area contributed by atoms with Crippen molar-refractivity contribution in [2.75, 3.05) is 6.61 Å². The van der Waals surface area contributed by atoms with Crippen LogP contribution in [0.4, 0.5) is 13.2 Å². The summed E-state index contributed by atoms with van der Waals surface area (Å²) in [6.45, 7) is -0.195. The van der Waals surface area contributed by atoms with Gasteiger partial charge in [-0.1, -0.05) is 41.9 Å². The van der Waals surface area contributed by atoms with E-state index in [1.54, 1.807) is 23.5 Å². The van der Waals surface area contributed by atoms with E-state index in [9.17, 15) is 18.0 Å². The Hall–Kier alpha value is -3.04. The summed E-state index contributed by atoms with van der Waals surface area (Å²) in [5, 5.41) is 9.47. The Kier molecular flexibility index (Phi) is 5.88. The molecular formula is C21H15ClF3N3O2S. The van der Waals surface area contributed by atoms with Crippen LogP contribution in [0.5, 0.6) is 5.88 Å². The molecule has 31 heavy (non-hydrogen) atoms. The molecule has 160 valence electrons. The summed E-state index contributed by atoms with van der Waals surface area (Å²) < 4.78 is 46.9. The Labute approximate surface area is 184 Å². The molecule has 0 atom stereocenters. The summed E-state index contributed by atoms with van der Waals surface area (Å²) in [6.07, 6.45) is -4.67. The summed E-state index contributed by atoms with van der Waals surface area (Å²) >= 11 is 7.66. The molecular weight excluding hydrogens is 451 g/mol. The second-order valence-electron chi connectivity index (χ2n) is 6.55. The zero-order valence-electron chi connectivity index (χ0n) is 15.8. The SMILES string of the molecule is O=C(COc1cc(C(F)(F)F)nn1-c1ccccc1Cl)NCc1csc2ccccc12. The number of hydrogen-bond donors (Lipinski definition) is 1. The zero-order valence-corrected chi connectivity index (χ0v) is 17.4. The fourth-order valence-electron chi connectivity index (χ4n) is 2.96. The molecule has 0 saturated heterocycles. The lowest BCUT2D eigenvalue weighted by atomic mass is 10.2. The molecule has 0 aliphatic rings. The summed E-state index contributed by atoms with van der Waals surface area (Å²) in [7, 11) is 0. The third-order valence-corrected chi connectivity index (χ3v) is 5.77. The quantitative estimate of drug-likeness (QED) is 0.411. The molecule has 0 spiro atoms. The summed E-state index contributed by atoms with van der Waals surface area (Å²) in [4.78, 5) is 12.3. The van der Waals surface area contributed by atoms with Gasteiger partial charge in [0.15, 0.2) is 12.3 Å². The van der Waals surface area contributed by atoms with Gasteiger partial charge in [-0.15, -0.1) is 11.3 Å². The van der Waals surface area contributed by atoms with Crippen LogP contribution in [-0.2, 0) is 17.5 Å². The largest absolute Gasteiger partial charge is 0.467 e. The minimum Gasteiger partial charge on any atom is -0.467 e. The van der Waals surface area contributed by atoms with E-state index in [2.05, 4.69) is 10.4 Å². The average molecular weight is 466 g/mol. The first-order valence-electron chi connectivity index (χ1n) is 9.09. The van der Waals surface area contributed by atoms with Gasteiger partial charge in [0.2, 0.25) is 5.88 Å². The number of halogens is 4. The van der Waals surface area contributed by atoms with E-state index in [-0.39, 0.29) is 23.1 Å². The number of carbonyl (C=O) groups is 1. The molecule has 0 aliphatic carbocycles. The number of fused-ring (bicyclic) bond motifs is 1. The van der Waals surface area contributed by atoms with Crippen LogP contribution in [0, 0.1) is 0 Å². The predicted molar refractivity (Wildman–Crippen MR) is 113 cm³/mol. The number of ether oxygens (including phenoxy) is 1. The number of nitrogens with one attached hydrogen (secondary N) is 1. The first-order valence-corrected chi connectivity index (χ1v) is 10.4. The van der Waals surface area contributed by atoms with Crippen molar-refractivity contribution in [3.63, 3.8) is 0 Å². The van der Waals surface area contributed by atoms with Crippen LogP contribution in [0.25, 0.3) is 15.8 Å². The minimum atomic E-state index is -4.67. The van der Waals surface area contributed by atoms with Crippen LogP contribution in [0.15, 0.2) is 60.0 Å². The van der Waals surface area contributed by atoms with Gasteiger partial charge in [-0.3, -0.25) is 4.79 Å². The highest BCUT2D eigenvalue weighted by molar-refractivity contribution is 7.17. The van der Waals surface area contributed by atoms with Crippen LogP contribution < -0.4 is 10.1 Å². The number of benzene rings is 2. The number of para-hydroxylation sites is 1. The predicted octanol–water partition coefficient (Wildman–Crippen LogP) is 5.45. The average Bonchev–Trinajstić information content (AvgIpc) is 3.35. The molecule has 1 amide bonds. The molecule has 0 radical (unpaired) electrons. The molecule has 0 saturated carbocycles. The van der Waals surface area contributed by atoms with E-state index in [4.69, 9.17) is 16.3 Å². The van der Waals surface area contributed by atoms with Crippen LogP contribution >= 0.6 is 22.9 Å². The zero-order chi connectivity index (χ0) is 22.0. The lowest BCUT2D eigenvalue weighted by Crippen LogP contribution is -2.28. The Balaban J connectivity index is 1.48. The smallest absolute Gasteiger partial charge is 0.435 e. The second kappa shape index (κ2) is 8.60. The van der Waals surface area contributed by atoms with Crippen molar-refractivity contribution >= 4 is 38.9 Å². The molecule has 2 aromatic heterocycles. The number of nitrogens with zero attached hydrogens (tertiary/aromatic N) is 2. The van der Waals surface area contributed by atoms with E-state index in [1.165, 1.54) is 12.1 Å². The molecule has 0 fully saturated rings. The third-order valence-electron chi connectivity index (χ3n) is 4.44. The van der Waals surface area contributed by atoms with Gasteiger partial charge in [0.05, 0.1) is 10.7 Å². The maximum atomic E-state index is 13.2. The van der Waals surface area contributed by atoms with Crippen molar-refractivity contribution in [2.24, 2.45) is 0 Å². The molecule has 4 rings (SSSR count). The first-order chi connectivity index (χ1) is 14.8. The number of rotatable bonds is 6. The number of amides is 1. The van der Waals surface area contributed by atoms with Gasteiger partial charge in [0.25, 0.3) is 5.91 Å². The van der Waals surface area contributed by atoms with Gasteiger partial charge < -0.3 is 10.1 Å². The summed E-state index contributed by atoms with van der Waals surface area (Å²) in [6, 6.07) is 14.8. The van der Waals surface area contributed by atoms with E-state index in [0.29, 0.717) is 0 Å². The van der Waals surface area contributed by atoms with Gasteiger partial charge in [0, 0.05) is 17.3 Å². The van der Waals surface area contributed by atoms with Gasteiger partial charge in [0.1, 0.15) is 0 Å². The Bertz CT molecular complexity index is 1240. The summed E-state index contributed by atoms with van der Waals surface area (Å²) in [5.41, 5.74) is 0.0156. The molecule has 0 aliphatic heterocycles.